The second-order valence-corrected chi connectivity index (χ2v) is 5.87. The van der Waals surface area contributed by atoms with Crippen LogP contribution in [-0.4, -0.2) is 4.98 Å². The van der Waals surface area contributed by atoms with Gasteiger partial charge in [0.15, 0.2) is 0 Å². The van der Waals surface area contributed by atoms with Gasteiger partial charge in [-0.05, 0) is 60.9 Å². The standard InChI is InChI=1S/C18H18N2/c1-18(13-19,12-14-8-10-20-11-9-14)17-6-4-16(5-7-17)15-2-3-15/h4-11,15H,2-3,12H2,1H3. The Morgan fingerprint density at radius 2 is 1.80 bits per heavy atom. The van der Waals surface area contributed by atoms with Crippen LogP contribution in [0.4, 0.5) is 0 Å². The monoisotopic (exact) mass is 262 g/mol. The van der Waals surface area contributed by atoms with Gasteiger partial charge in [0.1, 0.15) is 0 Å². The third-order valence-electron chi connectivity index (χ3n) is 4.15. The molecule has 1 aromatic heterocycles. The van der Waals surface area contributed by atoms with E-state index in [1.807, 2.05) is 19.1 Å². The predicted octanol–water partition coefficient (Wildman–Crippen LogP) is 3.98. The minimum absolute atomic E-state index is 0.483. The summed E-state index contributed by atoms with van der Waals surface area (Å²) in [7, 11) is 0. The van der Waals surface area contributed by atoms with E-state index in [1.54, 1.807) is 12.4 Å². The van der Waals surface area contributed by atoms with E-state index in [4.69, 9.17) is 0 Å². The maximum atomic E-state index is 9.63. The van der Waals surface area contributed by atoms with E-state index in [-0.39, 0.29) is 0 Å². The topological polar surface area (TPSA) is 36.7 Å². The normalized spacial score (nSPS) is 17.2. The summed E-state index contributed by atoms with van der Waals surface area (Å²) in [5.41, 5.74) is 3.18. The Bertz CT molecular complexity index is 621. The molecule has 0 N–H and O–H groups in total. The highest BCUT2D eigenvalue weighted by Crippen LogP contribution is 2.40. The molecule has 1 aromatic carbocycles. The first-order valence-electron chi connectivity index (χ1n) is 7.12. The molecule has 3 rings (SSSR count). The molecular weight excluding hydrogens is 244 g/mol. The third-order valence-corrected chi connectivity index (χ3v) is 4.15. The molecule has 1 heterocycles. The highest BCUT2D eigenvalue weighted by atomic mass is 14.6. The Balaban J connectivity index is 1.85. The van der Waals surface area contributed by atoms with E-state index in [0.717, 1.165) is 23.5 Å². The van der Waals surface area contributed by atoms with Crippen molar-refractivity contribution < 1.29 is 0 Å². The summed E-state index contributed by atoms with van der Waals surface area (Å²) in [6.45, 7) is 2.01. The number of aromatic nitrogens is 1. The van der Waals surface area contributed by atoms with Crippen molar-refractivity contribution >= 4 is 0 Å². The molecular formula is C18H18N2. The third kappa shape index (κ3) is 2.58. The fourth-order valence-electron chi connectivity index (χ4n) is 2.65. The first-order valence-corrected chi connectivity index (χ1v) is 7.12. The molecule has 1 atom stereocenters. The van der Waals surface area contributed by atoms with Gasteiger partial charge in [-0.3, -0.25) is 4.98 Å². The lowest BCUT2D eigenvalue weighted by Crippen LogP contribution is -2.22. The van der Waals surface area contributed by atoms with Crippen LogP contribution >= 0.6 is 0 Å². The van der Waals surface area contributed by atoms with E-state index in [1.165, 1.54) is 18.4 Å². The van der Waals surface area contributed by atoms with E-state index < -0.39 is 5.41 Å². The second-order valence-electron chi connectivity index (χ2n) is 5.87. The summed E-state index contributed by atoms with van der Waals surface area (Å²) in [4.78, 5) is 4.03. The minimum Gasteiger partial charge on any atom is -0.265 e. The van der Waals surface area contributed by atoms with Crippen LogP contribution < -0.4 is 0 Å². The van der Waals surface area contributed by atoms with Crippen LogP contribution in [0, 0.1) is 11.3 Å². The summed E-state index contributed by atoms with van der Waals surface area (Å²) in [5.74, 6) is 0.762. The summed E-state index contributed by atoms with van der Waals surface area (Å²) in [6.07, 6.45) is 6.90. The predicted molar refractivity (Wildman–Crippen MR) is 79.3 cm³/mol. The van der Waals surface area contributed by atoms with Crippen molar-refractivity contribution in [2.24, 2.45) is 0 Å². The number of nitrogens with zero attached hydrogens (tertiary/aromatic N) is 2. The van der Waals surface area contributed by atoms with Gasteiger partial charge < -0.3 is 0 Å². The molecule has 2 aromatic rings. The molecule has 2 heteroatoms. The minimum atomic E-state index is -0.483. The molecule has 20 heavy (non-hydrogen) atoms. The average molecular weight is 262 g/mol. The molecule has 100 valence electrons. The van der Waals surface area contributed by atoms with Crippen molar-refractivity contribution in [2.45, 2.75) is 37.5 Å². The van der Waals surface area contributed by atoms with Crippen LogP contribution in [0.3, 0.4) is 0 Å². The second kappa shape index (κ2) is 5.09. The average Bonchev–Trinajstić information content (AvgIpc) is 3.33. The quantitative estimate of drug-likeness (QED) is 0.835. The van der Waals surface area contributed by atoms with E-state index >= 15 is 0 Å². The van der Waals surface area contributed by atoms with Gasteiger partial charge >= 0.3 is 0 Å². The highest BCUT2D eigenvalue weighted by Gasteiger charge is 2.28. The highest BCUT2D eigenvalue weighted by molar-refractivity contribution is 5.37. The Morgan fingerprint density at radius 3 is 2.35 bits per heavy atom. The van der Waals surface area contributed by atoms with Gasteiger partial charge in [-0.15, -0.1) is 0 Å². The summed E-state index contributed by atoms with van der Waals surface area (Å²) < 4.78 is 0. The van der Waals surface area contributed by atoms with Crippen molar-refractivity contribution in [1.29, 1.82) is 5.26 Å². The van der Waals surface area contributed by atoms with Crippen LogP contribution in [0.15, 0.2) is 48.8 Å². The van der Waals surface area contributed by atoms with Crippen molar-refractivity contribution in [3.8, 4) is 6.07 Å². The number of nitriles is 1. The SMILES string of the molecule is CC(C#N)(Cc1ccncc1)c1ccc(C2CC2)cc1. The fourth-order valence-corrected chi connectivity index (χ4v) is 2.65. The maximum absolute atomic E-state index is 9.63. The van der Waals surface area contributed by atoms with E-state index in [2.05, 4.69) is 35.3 Å². The lowest BCUT2D eigenvalue weighted by atomic mass is 9.78. The number of hydrogen-bond donors (Lipinski definition) is 0. The summed E-state index contributed by atoms with van der Waals surface area (Å²) >= 11 is 0. The maximum Gasteiger partial charge on any atom is 0.0834 e. The van der Waals surface area contributed by atoms with Crippen molar-refractivity contribution in [3.05, 3.63) is 65.5 Å². The molecule has 2 nitrogen and oxygen atoms in total. The lowest BCUT2D eigenvalue weighted by Gasteiger charge is -2.22. The Morgan fingerprint density at radius 1 is 1.15 bits per heavy atom. The molecule has 1 aliphatic carbocycles. The smallest absolute Gasteiger partial charge is 0.0834 e. The van der Waals surface area contributed by atoms with Gasteiger partial charge in [0.25, 0.3) is 0 Å². The van der Waals surface area contributed by atoms with E-state index in [0.29, 0.717) is 0 Å². The zero-order valence-corrected chi connectivity index (χ0v) is 11.7. The first kappa shape index (κ1) is 12.9. The number of rotatable bonds is 4. The molecule has 1 fully saturated rings. The van der Waals surface area contributed by atoms with Crippen LogP contribution in [0.5, 0.6) is 0 Å². The molecule has 1 unspecified atom stereocenters. The van der Waals surface area contributed by atoms with Crippen LogP contribution in [0.1, 0.15) is 42.4 Å². The molecule has 1 saturated carbocycles. The Hall–Kier alpha value is -2.14. The van der Waals surface area contributed by atoms with Crippen LogP contribution in [0.25, 0.3) is 0 Å². The van der Waals surface area contributed by atoms with Gasteiger partial charge in [0, 0.05) is 12.4 Å². The zero-order chi connectivity index (χ0) is 14.0. The van der Waals surface area contributed by atoms with E-state index in [9.17, 15) is 5.26 Å². The summed E-state index contributed by atoms with van der Waals surface area (Å²) in [6, 6.07) is 15.1. The zero-order valence-electron chi connectivity index (χ0n) is 11.7. The number of benzene rings is 1. The Labute approximate surface area is 120 Å². The van der Waals surface area contributed by atoms with Gasteiger partial charge in [-0.25, -0.2) is 0 Å². The molecule has 0 aliphatic heterocycles. The lowest BCUT2D eigenvalue weighted by molar-refractivity contribution is 0.606. The van der Waals surface area contributed by atoms with Gasteiger partial charge in [0.05, 0.1) is 11.5 Å². The fraction of sp³-hybridized carbons (Fsp3) is 0.333. The van der Waals surface area contributed by atoms with Gasteiger partial charge in [-0.1, -0.05) is 24.3 Å². The Kier molecular flexibility index (Phi) is 3.28. The van der Waals surface area contributed by atoms with Crippen molar-refractivity contribution in [3.63, 3.8) is 0 Å². The first-order chi connectivity index (χ1) is 9.71. The molecule has 0 saturated heterocycles. The van der Waals surface area contributed by atoms with Crippen molar-refractivity contribution in [2.75, 3.05) is 0 Å². The van der Waals surface area contributed by atoms with Crippen LogP contribution in [0.2, 0.25) is 0 Å². The van der Waals surface area contributed by atoms with Gasteiger partial charge in [0.2, 0.25) is 0 Å². The molecule has 0 amide bonds. The van der Waals surface area contributed by atoms with Gasteiger partial charge in [-0.2, -0.15) is 5.26 Å². The largest absolute Gasteiger partial charge is 0.265 e. The number of pyridine rings is 1. The number of hydrogen-bond acceptors (Lipinski definition) is 2. The van der Waals surface area contributed by atoms with Crippen LogP contribution in [-0.2, 0) is 11.8 Å². The molecule has 0 bridgehead atoms. The molecule has 0 radical (unpaired) electrons. The van der Waals surface area contributed by atoms with Crippen molar-refractivity contribution in [1.82, 2.24) is 4.98 Å². The molecule has 0 spiro atoms. The molecule has 1 aliphatic rings. The summed E-state index contributed by atoms with van der Waals surface area (Å²) in [5, 5.41) is 9.63.